The van der Waals surface area contributed by atoms with Gasteiger partial charge in [-0.1, -0.05) is 84.9 Å². The van der Waals surface area contributed by atoms with Gasteiger partial charge in [0.2, 0.25) is 0 Å². The van der Waals surface area contributed by atoms with E-state index in [2.05, 4.69) is 5.09 Å². The third kappa shape index (κ3) is 4.00. The molecule has 0 spiro atoms. The van der Waals surface area contributed by atoms with Gasteiger partial charge in [-0.05, 0) is 35.9 Å². The average molecular weight is 385 g/mol. The van der Waals surface area contributed by atoms with Crippen LogP contribution in [0.25, 0.3) is 11.1 Å². The zero-order chi connectivity index (χ0) is 19.2. The molecule has 0 amide bonds. The lowest BCUT2D eigenvalue weighted by molar-refractivity contribution is 0.499. The fourth-order valence-corrected chi connectivity index (χ4v) is 4.76. The highest BCUT2D eigenvalue weighted by molar-refractivity contribution is 7.68. The van der Waals surface area contributed by atoms with Crippen LogP contribution in [0.3, 0.4) is 0 Å². The number of hydrogen-bond donors (Lipinski definition) is 1. The van der Waals surface area contributed by atoms with Gasteiger partial charge in [0.25, 0.3) is 0 Å². The molecule has 0 heterocycles. The van der Waals surface area contributed by atoms with Crippen LogP contribution in [-0.4, -0.2) is 0 Å². The summed E-state index contributed by atoms with van der Waals surface area (Å²) >= 11 is 0. The molecule has 1 atom stereocenters. The summed E-state index contributed by atoms with van der Waals surface area (Å²) < 4.78 is 20.2. The Morgan fingerprint density at radius 2 is 1.14 bits per heavy atom. The van der Waals surface area contributed by atoms with Crippen LogP contribution in [0, 0.1) is 0 Å². The highest BCUT2D eigenvalue weighted by Gasteiger charge is 2.28. The molecule has 4 aromatic carbocycles. The molecule has 0 aliphatic rings. The van der Waals surface area contributed by atoms with Gasteiger partial charge in [-0.2, -0.15) is 0 Å². The zero-order valence-electron chi connectivity index (χ0n) is 15.2. The van der Waals surface area contributed by atoms with Crippen molar-refractivity contribution in [3.8, 4) is 16.9 Å². The molecule has 4 rings (SSSR count). The lowest BCUT2D eigenvalue weighted by atomic mass is 10.1. The van der Waals surface area contributed by atoms with Gasteiger partial charge in [0, 0.05) is 11.3 Å². The van der Waals surface area contributed by atoms with Crippen LogP contribution in [0.15, 0.2) is 115 Å². The summed E-state index contributed by atoms with van der Waals surface area (Å²) in [6, 6.07) is 36.4. The second-order valence-electron chi connectivity index (χ2n) is 6.32. The number of anilines is 1. The molecule has 0 saturated heterocycles. The Bertz CT molecular complexity index is 1080. The molecule has 0 saturated carbocycles. The Hall–Kier alpha value is -3.29. The van der Waals surface area contributed by atoms with Crippen LogP contribution in [0.2, 0.25) is 0 Å². The average Bonchev–Trinajstić information content (AvgIpc) is 2.76. The van der Waals surface area contributed by atoms with Crippen molar-refractivity contribution in [2.75, 3.05) is 5.09 Å². The van der Waals surface area contributed by atoms with Crippen molar-refractivity contribution < 1.29 is 9.09 Å². The predicted octanol–water partition coefficient (Wildman–Crippen LogP) is 6.36. The monoisotopic (exact) mass is 385 g/mol. The molecule has 0 fully saturated rings. The van der Waals surface area contributed by atoms with Crippen LogP contribution in [0.1, 0.15) is 0 Å². The van der Waals surface area contributed by atoms with Gasteiger partial charge in [0.05, 0.1) is 5.30 Å². The second-order valence-corrected chi connectivity index (χ2v) is 8.34. The summed E-state index contributed by atoms with van der Waals surface area (Å²) in [5.74, 6) is 0.573. The van der Waals surface area contributed by atoms with E-state index in [0.29, 0.717) is 11.1 Å². The molecule has 1 N–H and O–H groups in total. The smallest absolute Gasteiger partial charge is 0.371 e. The molecule has 0 aliphatic heterocycles. The summed E-state index contributed by atoms with van der Waals surface area (Å²) in [4.78, 5) is 0. The summed E-state index contributed by atoms with van der Waals surface area (Å²) in [6.45, 7) is 0. The van der Waals surface area contributed by atoms with Crippen molar-refractivity contribution >= 4 is 18.5 Å². The lowest BCUT2D eigenvalue weighted by Gasteiger charge is -2.23. The fourth-order valence-electron chi connectivity index (χ4n) is 2.99. The van der Waals surface area contributed by atoms with Gasteiger partial charge in [-0.25, -0.2) is 4.57 Å². The lowest BCUT2D eigenvalue weighted by Crippen LogP contribution is -2.16. The standard InChI is InChI=1S/C24H20NO2P/c26-28(22-16-8-3-9-17-22,25-21-14-6-2-7-15-21)27-24-19-11-10-18-23(24)20-12-4-1-5-13-20/h1-19H,(H,25,26). The van der Waals surface area contributed by atoms with Crippen LogP contribution in [-0.2, 0) is 4.57 Å². The van der Waals surface area contributed by atoms with Crippen LogP contribution < -0.4 is 14.9 Å². The zero-order valence-corrected chi connectivity index (χ0v) is 16.1. The number of rotatable bonds is 6. The quantitative estimate of drug-likeness (QED) is 0.392. The van der Waals surface area contributed by atoms with Gasteiger partial charge < -0.3 is 9.61 Å². The van der Waals surface area contributed by atoms with Gasteiger partial charge in [-0.3, -0.25) is 0 Å². The van der Waals surface area contributed by atoms with Crippen LogP contribution in [0.5, 0.6) is 5.75 Å². The van der Waals surface area contributed by atoms with E-state index in [-0.39, 0.29) is 0 Å². The first-order valence-electron chi connectivity index (χ1n) is 9.08. The SMILES string of the molecule is O=P(Nc1ccccc1)(Oc1ccccc1-c1ccccc1)c1ccccc1. The number of para-hydroxylation sites is 2. The second kappa shape index (κ2) is 8.16. The van der Waals surface area contributed by atoms with Crippen molar-refractivity contribution in [2.45, 2.75) is 0 Å². The van der Waals surface area contributed by atoms with Gasteiger partial charge in [0.1, 0.15) is 5.75 Å². The minimum atomic E-state index is -3.41. The molecule has 4 aromatic rings. The first-order valence-corrected chi connectivity index (χ1v) is 10.7. The molecular formula is C24H20NO2P. The molecule has 4 heteroatoms. The number of hydrogen-bond acceptors (Lipinski definition) is 2. The predicted molar refractivity (Wildman–Crippen MR) is 116 cm³/mol. The Morgan fingerprint density at radius 3 is 1.82 bits per heavy atom. The van der Waals surface area contributed by atoms with E-state index < -0.39 is 7.52 Å². The Morgan fingerprint density at radius 1 is 0.607 bits per heavy atom. The topological polar surface area (TPSA) is 38.3 Å². The van der Waals surface area contributed by atoms with E-state index in [4.69, 9.17) is 4.52 Å². The molecule has 138 valence electrons. The minimum Gasteiger partial charge on any atom is -0.425 e. The summed E-state index contributed by atoms with van der Waals surface area (Å²) in [5, 5.41) is 3.74. The summed E-state index contributed by atoms with van der Waals surface area (Å²) in [7, 11) is -3.41. The van der Waals surface area contributed by atoms with E-state index >= 15 is 0 Å². The van der Waals surface area contributed by atoms with Crippen LogP contribution >= 0.6 is 7.52 Å². The summed E-state index contributed by atoms with van der Waals surface area (Å²) in [5.41, 5.74) is 2.65. The maximum Gasteiger partial charge on any atom is 0.371 e. The minimum absolute atomic E-state index is 0.573. The third-order valence-electron chi connectivity index (χ3n) is 4.34. The molecular weight excluding hydrogens is 365 g/mol. The highest BCUT2D eigenvalue weighted by atomic mass is 31.2. The molecule has 0 aliphatic carbocycles. The first kappa shape index (κ1) is 18.1. The number of nitrogens with one attached hydrogen (secondary N) is 1. The van der Waals surface area contributed by atoms with E-state index in [1.54, 1.807) is 0 Å². The first-order chi connectivity index (χ1) is 13.7. The maximum absolute atomic E-state index is 14.0. The molecule has 0 radical (unpaired) electrons. The molecule has 28 heavy (non-hydrogen) atoms. The molecule has 0 aromatic heterocycles. The van der Waals surface area contributed by atoms with E-state index in [9.17, 15) is 4.57 Å². The van der Waals surface area contributed by atoms with Gasteiger partial charge >= 0.3 is 7.52 Å². The molecule has 1 unspecified atom stereocenters. The van der Waals surface area contributed by atoms with E-state index in [0.717, 1.165) is 16.8 Å². The number of benzene rings is 4. The van der Waals surface area contributed by atoms with Crippen LogP contribution in [0.4, 0.5) is 5.69 Å². The van der Waals surface area contributed by atoms with Crippen molar-refractivity contribution in [1.29, 1.82) is 0 Å². The van der Waals surface area contributed by atoms with Crippen molar-refractivity contribution in [1.82, 2.24) is 0 Å². The van der Waals surface area contributed by atoms with E-state index in [1.807, 2.05) is 115 Å². The molecule has 3 nitrogen and oxygen atoms in total. The van der Waals surface area contributed by atoms with Gasteiger partial charge in [-0.15, -0.1) is 0 Å². The van der Waals surface area contributed by atoms with Crippen molar-refractivity contribution in [3.05, 3.63) is 115 Å². The van der Waals surface area contributed by atoms with Crippen molar-refractivity contribution in [2.24, 2.45) is 0 Å². The maximum atomic E-state index is 14.0. The Kier molecular flexibility index (Phi) is 5.27. The Labute approximate surface area is 165 Å². The Balaban J connectivity index is 1.77. The third-order valence-corrected chi connectivity index (χ3v) is 6.33. The normalized spacial score (nSPS) is 12.7. The fraction of sp³-hybridized carbons (Fsp3) is 0. The highest BCUT2D eigenvalue weighted by Crippen LogP contribution is 2.48. The van der Waals surface area contributed by atoms with Gasteiger partial charge in [0.15, 0.2) is 0 Å². The van der Waals surface area contributed by atoms with E-state index in [1.165, 1.54) is 0 Å². The molecule has 0 bridgehead atoms. The van der Waals surface area contributed by atoms with Crippen molar-refractivity contribution in [3.63, 3.8) is 0 Å². The summed E-state index contributed by atoms with van der Waals surface area (Å²) in [6.07, 6.45) is 0. The largest absolute Gasteiger partial charge is 0.425 e.